The van der Waals surface area contributed by atoms with Gasteiger partial charge in [-0.15, -0.1) is 0 Å². The van der Waals surface area contributed by atoms with Gasteiger partial charge in [-0.05, 0) is 32.0 Å². The fourth-order valence-corrected chi connectivity index (χ4v) is 1.48. The number of aryl methyl sites for hydroxylation is 2. The van der Waals surface area contributed by atoms with Crippen LogP contribution in [-0.4, -0.2) is 0 Å². The Morgan fingerprint density at radius 1 is 0.842 bits per heavy atom. The van der Waals surface area contributed by atoms with Crippen LogP contribution in [0.2, 0.25) is 5.02 Å². The largest absolute Gasteiger partial charge is 0.416 e. The van der Waals surface area contributed by atoms with Crippen LogP contribution in [0.5, 0.6) is 0 Å². The molecule has 102 valence electrons. The highest BCUT2D eigenvalue weighted by Gasteiger charge is 2.29. The predicted molar refractivity (Wildman–Crippen MR) is 72.4 cm³/mol. The van der Waals surface area contributed by atoms with Gasteiger partial charge in [-0.25, -0.2) is 0 Å². The van der Waals surface area contributed by atoms with Crippen molar-refractivity contribution in [2.24, 2.45) is 0 Å². The molecule has 0 aromatic heterocycles. The molecule has 0 atom stereocenters. The van der Waals surface area contributed by atoms with E-state index in [4.69, 9.17) is 11.6 Å². The fourth-order valence-electron chi connectivity index (χ4n) is 1.35. The Labute approximate surface area is 115 Å². The smallest absolute Gasteiger partial charge is 0.166 e. The summed E-state index contributed by atoms with van der Waals surface area (Å²) < 4.78 is 35.9. The molecule has 0 nitrogen and oxygen atoms in total. The molecule has 0 aliphatic carbocycles. The van der Waals surface area contributed by atoms with Crippen molar-refractivity contribution >= 4 is 11.6 Å². The van der Waals surface area contributed by atoms with E-state index in [9.17, 15) is 13.2 Å². The van der Waals surface area contributed by atoms with Crippen molar-refractivity contribution in [2.75, 3.05) is 0 Å². The Bertz CT molecular complexity index is 495. The van der Waals surface area contributed by atoms with Crippen LogP contribution in [0.25, 0.3) is 0 Å². The lowest BCUT2D eigenvalue weighted by Crippen LogP contribution is -2.04. The van der Waals surface area contributed by atoms with Crippen molar-refractivity contribution in [1.29, 1.82) is 0 Å². The zero-order valence-corrected chi connectivity index (χ0v) is 11.4. The molecule has 0 aliphatic rings. The second kappa shape index (κ2) is 6.62. The van der Waals surface area contributed by atoms with Crippen LogP contribution < -0.4 is 0 Å². The summed E-state index contributed by atoms with van der Waals surface area (Å²) in [4.78, 5) is 0. The molecule has 0 heterocycles. The average molecular weight is 287 g/mol. The summed E-state index contributed by atoms with van der Waals surface area (Å²) in [5.41, 5.74) is 1.28. The number of hydrogen-bond donors (Lipinski definition) is 0. The molecular weight excluding hydrogens is 273 g/mol. The van der Waals surface area contributed by atoms with Crippen molar-refractivity contribution in [2.45, 2.75) is 20.0 Å². The van der Waals surface area contributed by atoms with E-state index in [0.29, 0.717) is 5.56 Å². The summed E-state index contributed by atoms with van der Waals surface area (Å²) in [7, 11) is 0. The Kier molecular flexibility index (Phi) is 5.43. The van der Waals surface area contributed by atoms with Crippen LogP contribution in [0.3, 0.4) is 0 Å². The quantitative estimate of drug-likeness (QED) is 0.586. The monoisotopic (exact) mass is 286 g/mol. The third kappa shape index (κ3) is 5.79. The third-order valence-electron chi connectivity index (χ3n) is 2.36. The van der Waals surface area contributed by atoms with Gasteiger partial charge >= 0.3 is 6.18 Å². The summed E-state index contributed by atoms with van der Waals surface area (Å²) in [5, 5.41) is 0.801. The summed E-state index contributed by atoms with van der Waals surface area (Å²) in [6.45, 7) is 3.67. The van der Waals surface area contributed by atoms with E-state index in [-0.39, 0.29) is 0 Å². The minimum absolute atomic E-state index is 0.586. The first-order valence-corrected chi connectivity index (χ1v) is 6.03. The highest BCUT2D eigenvalue weighted by Crippen LogP contribution is 2.29. The number of benzene rings is 2. The van der Waals surface area contributed by atoms with Gasteiger partial charge in [0, 0.05) is 5.02 Å². The van der Waals surface area contributed by atoms with Gasteiger partial charge in [-0.3, -0.25) is 0 Å². The molecular formula is C15H14ClF3. The highest BCUT2D eigenvalue weighted by molar-refractivity contribution is 6.30. The van der Waals surface area contributed by atoms with Crippen LogP contribution in [-0.2, 0) is 6.18 Å². The highest BCUT2D eigenvalue weighted by atomic mass is 35.5. The molecule has 0 amide bonds. The van der Waals surface area contributed by atoms with Gasteiger partial charge in [-0.2, -0.15) is 13.2 Å². The van der Waals surface area contributed by atoms with Crippen LogP contribution >= 0.6 is 11.6 Å². The topological polar surface area (TPSA) is 0 Å². The van der Waals surface area contributed by atoms with Gasteiger partial charge in [0.1, 0.15) is 0 Å². The second-order valence-corrected chi connectivity index (χ2v) is 4.60. The van der Waals surface area contributed by atoms with Gasteiger partial charge in [0.25, 0.3) is 0 Å². The molecule has 0 saturated carbocycles. The Morgan fingerprint density at radius 3 is 1.79 bits per heavy atom. The molecule has 0 saturated heterocycles. The number of rotatable bonds is 0. The maximum atomic E-state index is 12.0. The summed E-state index contributed by atoms with van der Waals surface area (Å²) in [6, 6.07) is 13.0. The van der Waals surface area contributed by atoms with Gasteiger partial charge in [-0.1, -0.05) is 53.1 Å². The average Bonchev–Trinajstić information content (AvgIpc) is 2.33. The van der Waals surface area contributed by atoms with Gasteiger partial charge in [0.15, 0.2) is 0 Å². The van der Waals surface area contributed by atoms with Crippen molar-refractivity contribution in [3.63, 3.8) is 0 Å². The van der Waals surface area contributed by atoms with E-state index in [1.165, 1.54) is 11.6 Å². The number of halogens is 4. The van der Waals surface area contributed by atoms with E-state index in [1.807, 2.05) is 31.2 Å². The summed E-state index contributed by atoms with van der Waals surface area (Å²) in [6.07, 6.45) is -4.22. The molecule has 0 N–H and O–H groups in total. The molecule has 0 bridgehead atoms. The Balaban J connectivity index is 0.000000200. The number of alkyl halides is 3. The molecule has 4 heteroatoms. The first-order valence-electron chi connectivity index (χ1n) is 5.65. The van der Waals surface area contributed by atoms with Crippen LogP contribution in [0.15, 0.2) is 48.5 Å². The lowest BCUT2D eigenvalue weighted by molar-refractivity contribution is -0.137. The third-order valence-corrected chi connectivity index (χ3v) is 2.61. The summed E-state index contributed by atoms with van der Waals surface area (Å²) >= 11 is 5.61. The number of hydrogen-bond acceptors (Lipinski definition) is 0. The molecule has 0 radical (unpaired) electrons. The minimum atomic E-state index is -4.22. The van der Waals surface area contributed by atoms with Gasteiger partial charge < -0.3 is 0 Å². The maximum Gasteiger partial charge on any atom is 0.416 e. The Hall–Kier alpha value is -1.48. The van der Waals surface area contributed by atoms with E-state index in [2.05, 4.69) is 0 Å². The lowest BCUT2D eigenvalue weighted by Gasteiger charge is -2.05. The van der Waals surface area contributed by atoms with Gasteiger partial charge in [0.05, 0.1) is 5.56 Å². The SMILES string of the molecule is Cc1ccc(Cl)cc1.Cc1cccc(C(F)(F)F)c1. The predicted octanol–water partition coefficient (Wildman–Crippen LogP) is 5.66. The lowest BCUT2D eigenvalue weighted by atomic mass is 10.1. The standard InChI is InChI=1S/C8H7F3.C7H7Cl/c1-6-3-2-4-7(5-6)8(9,10)11;1-6-2-4-7(8)5-3-6/h2-5H,1H3;2-5H,1H3. The van der Waals surface area contributed by atoms with E-state index < -0.39 is 11.7 Å². The van der Waals surface area contributed by atoms with E-state index >= 15 is 0 Å². The molecule has 2 aromatic rings. The summed E-state index contributed by atoms with van der Waals surface area (Å²) in [5.74, 6) is 0. The molecule has 2 aromatic carbocycles. The van der Waals surface area contributed by atoms with Crippen LogP contribution in [0.4, 0.5) is 13.2 Å². The molecule has 0 aliphatic heterocycles. The van der Waals surface area contributed by atoms with Crippen molar-refractivity contribution in [3.8, 4) is 0 Å². The zero-order chi connectivity index (χ0) is 14.5. The molecule has 0 unspecified atom stereocenters. The molecule has 2 rings (SSSR count). The maximum absolute atomic E-state index is 12.0. The second-order valence-electron chi connectivity index (χ2n) is 4.16. The fraction of sp³-hybridized carbons (Fsp3) is 0.200. The first kappa shape index (κ1) is 15.6. The molecule has 19 heavy (non-hydrogen) atoms. The van der Waals surface area contributed by atoms with Crippen molar-refractivity contribution in [1.82, 2.24) is 0 Å². The normalized spacial score (nSPS) is 10.6. The van der Waals surface area contributed by atoms with Crippen LogP contribution in [0.1, 0.15) is 16.7 Å². The first-order chi connectivity index (χ1) is 8.79. The van der Waals surface area contributed by atoms with E-state index in [1.54, 1.807) is 13.0 Å². The Morgan fingerprint density at radius 2 is 1.42 bits per heavy atom. The minimum Gasteiger partial charge on any atom is -0.166 e. The van der Waals surface area contributed by atoms with Gasteiger partial charge in [0.2, 0.25) is 0 Å². The van der Waals surface area contributed by atoms with Crippen LogP contribution in [0, 0.1) is 13.8 Å². The van der Waals surface area contributed by atoms with E-state index in [0.717, 1.165) is 17.2 Å². The molecule has 0 fully saturated rings. The van der Waals surface area contributed by atoms with Crippen molar-refractivity contribution < 1.29 is 13.2 Å². The zero-order valence-electron chi connectivity index (χ0n) is 10.6. The molecule has 0 spiro atoms. The van der Waals surface area contributed by atoms with Crippen molar-refractivity contribution in [3.05, 3.63) is 70.2 Å².